The van der Waals surface area contributed by atoms with Gasteiger partial charge in [-0.2, -0.15) is 0 Å². The molecule has 32 heavy (non-hydrogen) atoms. The Morgan fingerprint density at radius 2 is 1.59 bits per heavy atom. The molecule has 0 spiro atoms. The van der Waals surface area contributed by atoms with Crippen molar-refractivity contribution in [2.45, 2.75) is 24.8 Å². The number of anilines is 1. The number of rotatable bonds is 8. The first kappa shape index (κ1) is 23.3. The van der Waals surface area contributed by atoms with Crippen LogP contribution in [0, 0.1) is 12.7 Å². The van der Waals surface area contributed by atoms with Crippen molar-refractivity contribution in [2.75, 3.05) is 18.0 Å². The van der Waals surface area contributed by atoms with Crippen LogP contribution in [0.15, 0.2) is 77.7 Å². The number of carbonyl (C=O) groups excluding carboxylic acids is 1. The molecule has 0 saturated heterocycles. The largest absolute Gasteiger partial charge is 0.497 e. The topological polar surface area (TPSA) is 75.7 Å². The lowest BCUT2D eigenvalue weighted by Gasteiger charge is -2.25. The number of benzene rings is 3. The van der Waals surface area contributed by atoms with Gasteiger partial charge in [-0.05, 0) is 67.9 Å². The minimum Gasteiger partial charge on any atom is -0.497 e. The van der Waals surface area contributed by atoms with Crippen LogP contribution in [0.4, 0.5) is 10.1 Å². The molecule has 1 atom stereocenters. The Labute approximate surface area is 187 Å². The van der Waals surface area contributed by atoms with E-state index in [1.165, 1.54) is 31.4 Å². The Morgan fingerprint density at radius 3 is 2.16 bits per heavy atom. The quantitative estimate of drug-likeness (QED) is 0.551. The minimum absolute atomic E-state index is 0.0818. The summed E-state index contributed by atoms with van der Waals surface area (Å²) in [4.78, 5) is 12.9. The van der Waals surface area contributed by atoms with Crippen LogP contribution in [0.3, 0.4) is 0 Å². The van der Waals surface area contributed by atoms with E-state index in [9.17, 15) is 17.6 Å². The zero-order chi connectivity index (χ0) is 23.3. The van der Waals surface area contributed by atoms with Crippen molar-refractivity contribution in [3.63, 3.8) is 0 Å². The van der Waals surface area contributed by atoms with Crippen molar-refractivity contribution in [3.05, 3.63) is 89.7 Å². The van der Waals surface area contributed by atoms with E-state index in [-0.39, 0.29) is 10.7 Å². The fourth-order valence-electron chi connectivity index (χ4n) is 3.15. The van der Waals surface area contributed by atoms with Crippen LogP contribution in [0.1, 0.15) is 24.1 Å². The molecule has 8 heteroatoms. The highest BCUT2D eigenvalue weighted by atomic mass is 32.2. The molecule has 1 amide bonds. The Hall–Kier alpha value is -3.39. The fraction of sp³-hybridized carbons (Fsp3) is 0.208. The highest BCUT2D eigenvalue weighted by Gasteiger charge is 2.27. The van der Waals surface area contributed by atoms with Crippen molar-refractivity contribution in [2.24, 2.45) is 0 Å². The molecule has 3 aromatic carbocycles. The van der Waals surface area contributed by atoms with E-state index in [4.69, 9.17) is 4.74 Å². The second-order valence-corrected chi connectivity index (χ2v) is 9.23. The summed E-state index contributed by atoms with van der Waals surface area (Å²) in [5, 5.41) is 2.78. The van der Waals surface area contributed by atoms with Gasteiger partial charge < -0.3 is 10.1 Å². The summed E-state index contributed by atoms with van der Waals surface area (Å²) in [5.41, 5.74) is 1.96. The molecule has 0 fully saturated rings. The molecule has 0 bridgehead atoms. The van der Waals surface area contributed by atoms with Crippen LogP contribution < -0.4 is 14.4 Å². The van der Waals surface area contributed by atoms with Crippen molar-refractivity contribution < 1.29 is 22.3 Å². The van der Waals surface area contributed by atoms with Gasteiger partial charge in [-0.1, -0.05) is 29.8 Å². The van der Waals surface area contributed by atoms with Crippen molar-refractivity contribution in [1.82, 2.24) is 5.32 Å². The van der Waals surface area contributed by atoms with Gasteiger partial charge in [-0.3, -0.25) is 9.10 Å². The van der Waals surface area contributed by atoms with Crippen LogP contribution in [-0.4, -0.2) is 28.0 Å². The standard InChI is InChI=1S/C24H25FN2O4S/c1-17-4-14-23(15-5-17)32(29,30)27(21-10-12-22(31-3)13-11-21)16-24(28)26-18(2)19-6-8-20(25)9-7-19/h4-15,18H,16H2,1-3H3,(H,26,28)/t18-/m0/s1. The van der Waals surface area contributed by atoms with Gasteiger partial charge in [-0.25, -0.2) is 12.8 Å². The lowest BCUT2D eigenvalue weighted by Crippen LogP contribution is -2.41. The summed E-state index contributed by atoms with van der Waals surface area (Å²) < 4.78 is 46.2. The molecule has 3 aromatic rings. The average Bonchev–Trinajstić information content (AvgIpc) is 2.78. The second-order valence-electron chi connectivity index (χ2n) is 7.36. The van der Waals surface area contributed by atoms with E-state index in [0.717, 1.165) is 9.87 Å². The monoisotopic (exact) mass is 456 g/mol. The van der Waals surface area contributed by atoms with Crippen LogP contribution in [-0.2, 0) is 14.8 Å². The fourth-order valence-corrected chi connectivity index (χ4v) is 4.57. The first-order chi connectivity index (χ1) is 15.2. The maximum Gasteiger partial charge on any atom is 0.264 e. The molecule has 0 heterocycles. The van der Waals surface area contributed by atoms with Gasteiger partial charge in [0, 0.05) is 0 Å². The summed E-state index contributed by atoms with van der Waals surface area (Å²) >= 11 is 0. The molecule has 0 saturated carbocycles. The maximum atomic E-state index is 13.4. The molecule has 0 radical (unpaired) electrons. The Bertz CT molecular complexity index is 1160. The van der Waals surface area contributed by atoms with Gasteiger partial charge in [-0.15, -0.1) is 0 Å². The van der Waals surface area contributed by atoms with Crippen molar-refractivity contribution in [3.8, 4) is 5.75 Å². The normalized spacial score (nSPS) is 12.1. The number of halogens is 1. The molecule has 0 unspecified atom stereocenters. The molecule has 0 aromatic heterocycles. The van der Waals surface area contributed by atoms with Gasteiger partial charge in [0.1, 0.15) is 18.1 Å². The molecule has 0 aliphatic carbocycles. The van der Waals surface area contributed by atoms with E-state index in [2.05, 4.69) is 5.32 Å². The minimum atomic E-state index is -4.01. The van der Waals surface area contributed by atoms with E-state index in [1.807, 2.05) is 6.92 Å². The lowest BCUT2D eigenvalue weighted by molar-refractivity contribution is -0.120. The van der Waals surface area contributed by atoms with Gasteiger partial charge in [0.05, 0.1) is 23.7 Å². The molecule has 0 aliphatic rings. The van der Waals surface area contributed by atoms with Gasteiger partial charge in [0.2, 0.25) is 5.91 Å². The lowest BCUT2D eigenvalue weighted by atomic mass is 10.1. The number of nitrogens with one attached hydrogen (secondary N) is 1. The number of amides is 1. The Kier molecular flexibility index (Phi) is 7.15. The van der Waals surface area contributed by atoms with Gasteiger partial charge in [0.25, 0.3) is 10.0 Å². The smallest absolute Gasteiger partial charge is 0.264 e. The predicted octanol–water partition coefficient (Wildman–Crippen LogP) is 4.22. The Morgan fingerprint density at radius 1 is 1.00 bits per heavy atom. The number of hydrogen-bond acceptors (Lipinski definition) is 4. The zero-order valence-electron chi connectivity index (χ0n) is 18.1. The van der Waals surface area contributed by atoms with Crippen molar-refractivity contribution >= 4 is 21.6 Å². The first-order valence-corrected chi connectivity index (χ1v) is 11.4. The van der Waals surface area contributed by atoms with E-state index in [0.29, 0.717) is 17.0 Å². The maximum absolute atomic E-state index is 13.4. The third kappa shape index (κ3) is 5.45. The summed E-state index contributed by atoms with van der Waals surface area (Å²) in [6.45, 7) is 3.19. The third-order valence-corrected chi connectivity index (χ3v) is 6.79. The van der Waals surface area contributed by atoms with Crippen LogP contribution in [0.2, 0.25) is 0 Å². The number of hydrogen-bond donors (Lipinski definition) is 1. The molecular weight excluding hydrogens is 431 g/mol. The zero-order valence-corrected chi connectivity index (χ0v) is 18.9. The highest BCUT2D eigenvalue weighted by molar-refractivity contribution is 7.92. The Balaban J connectivity index is 1.88. The van der Waals surface area contributed by atoms with Crippen LogP contribution in [0.25, 0.3) is 0 Å². The summed E-state index contributed by atoms with van der Waals surface area (Å²) in [6, 6.07) is 18.2. The second kappa shape index (κ2) is 9.82. The third-order valence-electron chi connectivity index (χ3n) is 5.00. The summed E-state index contributed by atoms with van der Waals surface area (Å²) in [7, 11) is -2.50. The SMILES string of the molecule is COc1ccc(N(CC(=O)N[C@@H](C)c2ccc(F)cc2)S(=O)(=O)c2ccc(C)cc2)cc1. The predicted molar refractivity (Wildman–Crippen MR) is 122 cm³/mol. The van der Waals surface area contributed by atoms with Crippen molar-refractivity contribution in [1.29, 1.82) is 0 Å². The summed E-state index contributed by atoms with van der Waals surface area (Å²) in [5.74, 6) is -0.300. The van der Waals surface area contributed by atoms with E-state index >= 15 is 0 Å². The van der Waals surface area contributed by atoms with E-state index < -0.39 is 28.5 Å². The van der Waals surface area contributed by atoms with Gasteiger partial charge in [0.15, 0.2) is 0 Å². The molecular formula is C24H25FN2O4S. The molecule has 168 valence electrons. The number of nitrogens with zero attached hydrogens (tertiary/aromatic N) is 1. The van der Waals surface area contributed by atoms with Crippen LogP contribution in [0.5, 0.6) is 5.75 Å². The number of aryl methyl sites for hydroxylation is 1. The number of carbonyl (C=O) groups is 1. The van der Waals surface area contributed by atoms with Gasteiger partial charge >= 0.3 is 0 Å². The molecule has 3 rings (SSSR count). The first-order valence-electron chi connectivity index (χ1n) is 9.99. The number of sulfonamides is 1. The molecule has 0 aliphatic heterocycles. The molecule has 6 nitrogen and oxygen atoms in total. The summed E-state index contributed by atoms with van der Waals surface area (Å²) in [6.07, 6.45) is 0. The number of methoxy groups -OCH3 is 1. The molecule has 1 N–H and O–H groups in total. The highest BCUT2D eigenvalue weighted by Crippen LogP contribution is 2.26. The van der Waals surface area contributed by atoms with E-state index in [1.54, 1.807) is 55.5 Å². The number of ether oxygens (including phenoxy) is 1. The average molecular weight is 457 g/mol. The van der Waals surface area contributed by atoms with Crippen LogP contribution >= 0.6 is 0 Å².